The van der Waals surface area contributed by atoms with Crippen LogP contribution in [0, 0.1) is 5.92 Å². The maximum Gasteiger partial charge on any atom is 0.416 e. The largest absolute Gasteiger partial charge is 0.449 e. The van der Waals surface area contributed by atoms with Gasteiger partial charge in [0.2, 0.25) is 0 Å². The number of likely N-dealkylation sites (N-methyl/N-ethyl adjacent to an activating group) is 1. The first kappa shape index (κ1) is 43.1. The molecule has 11 nitrogen and oxygen atoms in total. The monoisotopic (exact) mass is 813 g/mol. The van der Waals surface area contributed by atoms with Gasteiger partial charge in [-0.3, -0.25) is 19.5 Å². The predicted molar refractivity (Wildman–Crippen MR) is 223 cm³/mol. The van der Waals surface area contributed by atoms with Crippen LogP contribution in [-0.4, -0.2) is 104 Å². The Hall–Kier alpha value is -5.47. The molecule has 2 N–H and O–H groups in total. The van der Waals surface area contributed by atoms with Gasteiger partial charge < -0.3 is 30.1 Å². The van der Waals surface area contributed by atoms with Crippen molar-refractivity contribution in [3.8, 4) is 11.3 Å². The van der Waals surface area contributed by atoms with Crippen molar-refractivity contribution in [1.29, 1.82) is 0 Å². The zero-order chi connectivity index (χ0) is 41.9. The number of halogens is 3. The number of hydrogen-bond acceptors (Lipinski definition) is 8. The number of carbonyl (C=O) groups excluding carboxylic acids is 3. The lowest BCUT2D eigenvalue weighted by Gasteiger charge is -2.35. The molecule has 2 aliphatic heterocycles. The Kier molecular flexibility index (Phi) is 14.6. The van der Waals surface area contributed by atoms with Crippen molar-refractivity contribution < 1.29 is 32.3 Å². The van der Waals surface area contributed by atoms with Crippen LogP contribution in [0.3, 0.4) is 0 Å². The number of ether oxygens (including phenoxy) is 1. The Bertz CT molecular complexity index is 2060. The SMILES string of the molecule is CC(C)COC(=O)N1CCN(CCN(C)Cc2cccc(C(=O)Nc3ccc(N4CCCCC4)cc3-c3cc(C(=O)NCc4cccc(C(F)(F)F)c4)ccn3)c2)CC1. The van der Waals surface area contributed by atoms with Gasteiger partial charge in [0.25, 0.3) is 11.8 Å². The summed E-state index contributed by atoms with van der Waals surface area (Å²) in [6, 6.07) is 21.4. The van der Waals surface area contributed by atoms with E-state index in [9.17, 15) is 27.6 Å². The maximum atomic E-state index is 13.9. The number of aromatic nitrogens is 1. The van der Waals surface area contributed by atoms with Crippen LogP contribution >= 0.6 is 0 Å². The molecule has 0 saturated carbocycles. The summed E-state index contributed by atoms with van der Waals surface area (Å²) in [7, 11) is 2.05. The lowest BCUT2D eigenvalue weighted by molar-refractivity contribution is -0.137. The van der Waals surface area contributed by atoms with Gasteiger partial charge in [0.1, 0.15) is 0 Å². The molecule has 14 heteroatoms. The van der Waals surface area contributed by atoms with Gasteiger partial charge >= 0.3 is 12.3 Å². The van der Waals surface area contributed by atoms with E-state index >= 15 is 0 Å². The smallest absolute Gasteiger partial charge is 0.416 e. The molecule has 3 amide bonds. The van der Waals surface area contributed by atoms with Gasteiger partial charge in [0, 0.05) is 94.0 Å². The molecule has 1 aromatic heterocycles. The summed E-state index contributed by atoms with van der Waals surface area (Å²) in [5.74, 6) is -0.454. The molecular formula is C45H54F3N7O4. The summed E-state index contributed by atoms with van der Waals surface area (Å²) in [5, 5.41) is 5.82. The molecule has 2 saturated heterocycles. The molecular weight excluding hydrogens is 760 g/mol. The van der Waals surface area contributed by atoms with Crippen LogP contribution in [0.4, 0.5) is 29.3 Å². The Labute approximate surface area is 344 Å². The minimum atomic E-state index is -4.48. The third-order valence-corrected chi connectivity index (χ3v) is 10.6. The highest BCUT2D eigenvalue weighted by atomic mass is 19.4. The van der Waals surface area contributed by atoms with Gasteiger partial charge in [-0.15, -0.1) is 0 Å². The van der Waals surface area contributed by atoms with E-state index in [1.54, 1.807) is 23.1 Å². The average Bonchev–Trinajstić information content (AvgIpc) is 3.24. The zero-order valence-electron chi connectivity index (χ0n) is 34.1. The number of anilines is 2. The minimum Gasteiger partial charge on any atom is -0.449 e. The van der Waals surface area contributed by atoms with E-state index in [-0.39, 0.29) is 24.1 Å². The van der Waals surface area contributed by atoms with Gasteiger partial charge in [-0.1, -0.05) is 38.1 Å². The first-order valence-corrected chi connectivity index (χ1v) is 20.3. The molecule has 0 spiro atoms. The molecule has 0 atom stereocenters. The summed E-state index contributed by atoms with van der Waals surface area (Å²) in [6.45, 7) is 11.4. The number of amides is 3. The standard InChI is InChI=1S/C45H54F3N7O4/c1-32(2)31-59-44(58)55-23-21-53(22-24-55)20-19-52(3)30-34-10-7-11-35(25-34)43(57)51-40-14-13-38(54-17-5-4-6-18-54)28-39(40)41-27-36(15-16-49-41)42(56)50-29-33-9-8-12-37(26-33)45(46,47)48/h7-16,25-28,32H,4-6,17-24,29-31H2,1-3H3,(H,50,56)(H,51,57). The number of piperidine rings is 1. The highest BCUT2D eigenvalue weighted by Crippen LogP contribution is 2.34. The number of rotatable bonds is 14. The molecule has 3 aromatic carbocycles. The molecule has 4 aromatic rings. The average molecular weight is 814 g/mol. The number of carbonyl (C=O) groups is 3. The minimum absolute atomic E-state index is 0.0868. The predicted octanol–water partition coefficient (Wildman–Crippen LogP) is 7.78. The molecule has 6 rings (SSSR count). The second-order valence-corrected chi connectivity index (χ2v) is 15.8. The highest BCUT2D eigenvalue weighted by molar-refractivity contribution is 6.06. The van der Waals surface area contributed by atoms with Crippen LogP contribution in [0.2, 0.25) is 0 Å². The molecule has 0 unspecified atom stereocenters. The van der Waals surface area contributed by atoms with E-state index in [0.717, 1.165) is 75.5 Å². The fourth-order valence-corrected chi connectivity index (χ4v) is 7.25. The maximum absolute atomic E-state index is 13.9. The fraction of sp³-hybridized carbons (Fsp3) is 0.422. The zero-order valence-corrected chi connectivity index (χ0v) is 34.1. The van der Waals surface area contributed by atoms with E-state index in [0.29, 0.717) is 60.2 Å². The molecule has 0 aliphatic carbocycles. The van der Waals surface area contributed by atoms with Gasteiger partial charge in [-0.2, -0.15) is 13.2 Å². The van der Waals surface area contributed by atoms with E-state index in [1.165, 1.54) is 24.8 Å². The first-order chi connectivity index (χ1) is 28.3. The van der Waals surface area contributed by atoms with Crippen LogP contribution < -0.4 is 15.5 Å². The second-order valence-electron chi connectivity index (χ2n) is 15.8. The van der Waals surface area contributed by atoms with Crippen LogP contribution in [0.5, 0.6) is 0 Å². The summed E-state index contributed by atoms with van der Waals surface area (Å²) >= 11 is 0. The second kappa shape index (κ2) is 20.0. The molecule has 0 radical (unpaired) electrons. The van der Waals surface area contributed by atoms with Crippen molar-refractivity contribution >= 4 is 29.3 Å². The quantitative estimate of drug-likeness (QED) is 0.133. The van der Waals surface area contributed by atoms with Gasteiger partial charge in [0.15, 0.2) is 0 Å². The highest BCUT2D eigenvalue weighted by Gasteiger charge is 2.30. The summed E-state index contributed by atoms with van der Waals surface area (Å²) in [4.78, 5) is 52.7. The number of piperazine rings is 1. The van der Waals surface area contributed by atoms with Crippen molar-refractivity contribution in [2.24, 2.45) is 5.92 Å². The van der Waals surface area contributed by atoms with Crippen molar-refractivity contribution in [3.05, 3.63) is 113 Å². The van der Waals surface area contributed by atoms with Crippen LogP contribution in [0.15, 0.2) is 85.1 Å². The number of nitrogens with zero attached hydrogens (tertiary/aromatic N) is 5. The normalized spacial score (nSPS) is 15.1. The molecule has 2 aliphatic rings. The lowest BCUT2D eigenvalue weighted by Crippen LogP contribution is -2.50. The van der Waals surface area contributed by atoms with Crippen LogP contribution in [0.25, 0.3) is 11.3 Å². The fourth-order valence-electron chi connectivity index (χ4n) is 7.25. The first-order valence-electron chi connectivity index (χ1n) is 20.3. The van der Waals surface area contributed by atoms with Gasteiger partial charge in [-0.05, 0) is 98.0 Å². The van der Waals surface area contributed by atoms with Gasteiger partial charge in [0.05, 0.1) is 23.6 Å². The van der Waals surface area contributed by atoms with E-state index in [4.69, 9.17) is 4.74 Å². The third-order valence-electron chi connectivity index (χ3n) is 10.6. The molecule has 59 heavy (non-hydrogen) atoms. The van der Waals surface area contributed by atoms with Crippen LogP contribution in [-0.2, 0) is 24.0 Å². The molecule has 3 heterocycles. The number of hydrogen-bond donors (Lipinski definition) is 2. The van der Waals surface area contributed by atoms with E-state index in [1.807, 2.05) is 50.2 Å². The Morgan fingerprint density at radius 3 is 2.31 bits per heavy atom. The molecule has 0 bridgehead atoms. The third kappa shape index (κ3) is 12.3. The molecule has 2 fully saturated rings. The van der Waals surface area contributed by atoms with Crippen molar-refractivity contribution in [1.82, 2.24) is 25.0 Å². The Balaban J connectivity index is 1.11. The van der Waals surface area contributed by atoms with Crippen molar-refractivity contribution in [3.63, 3.8) is 0 Å². The Morgan fingerprint density at radius 1 is 0.831 bits per heavy atom. The topological polar surface area (TPSA) is 110 Å². The Morgan fingerprint density at radius 2 is 1.56 bits per heavy atom. The summed E-state index contributed by atoms with van der Waals surface area (Å²) < 4.78 is 45.1. The number of alkyl halides is 3. The number of pyridine rings is 1. The van der Waals surface area contributed by atoms with E-state index < -0.39 is 17.6 Å². The van der Waals surface area contributed by atoms with Crippen LogP contribution in [0.1, 0.15) is 70.5 Å². The summed E-state index contributed by atoms with van der Waals surface area (Å²) in [6.07, 6.45) is 0.105. The van der Waals surface area contributed by atoms with E-state index in [2.05, 4.69) is 37.4 Å². The summed E-state index contributed by atoms with van der Waals surface area (Å²) in [5.41, 5.74) is 3.93. The number of benzene rings is 3. The lowest BCUT2D eigenvalue weighted by atomic mass is 10.0. The van der Waals surface area contributed by atoms with Crippen molar-refractivity contribution in [2.75, 3.05) is 76.2 Å². The van der Waals surface area contributed by atoms with Gasteiger partial charge in [-0.25, -0.2) is 4.79 Å². The molecule has 314 valence electrons. The van der Waals surface area contributed by atoms with Crippen molar-refractivity contribution in [2.45, 2.75) is 52.4 Å². The number of nitrogens with one attached hydrogen (secondary N) is 2.